The minimum atomic E-state index is -1.26. The summed E-state index contributed by atoms with van der Waals surface area (Å²) in [6, 6.07) is 21.4. The van der Waals surface area contributed by atoms with Crippen molar-refractivity contribution < 1.29 is 19.7 Å². The Kier molecular flexibility index (Phi) is 6.15. The van der Waals surface area contributed by atoms with Crippen LogP contribution < -0.4 is 4.74 Å². The molecule has 4 aliphatic rings. The van der Waals surface area contributed by atoms with Crippen molar-refractivity contribution in [3.63, 3.8) is 0 Å². The van der Waals surface area contributed by atoms with Gasteiger partial charge in [-0.05, 0) is 80.5 Å². The lowest BCUT2D eigenvalue weighted by atomic mass is 9.47. The van der Waals surface area contributed by atoms with Gasteiger partial charge in [0, 0.05) is 36.7 Å². The molecule has 0 radical (unpaired) electrons. The zero-order chi connectivity index (χ0) is 28.4. The summed E-state index contributed by atoms with van der Waals surface area (Å²) in [7, 11) is 1.78. The van der Waals surface area contributed by atoms with Crippen LogP contribution >= 0.6 is 0 Å². The van der Waals surface area contributed by atoms with Crippen LogP contribution in [-0.4, -0.2) is 69.8 Å². The van der Waals surface area contributed by atoms with Crippen LogP contribution in [0.25, 0.3) is 0 Å². The lowest BCUT2D eigenvalue weighted by molar-refractivity contribution is -0.216. The molecular formula is C35H36N2O4. The van der Waals surface area contributed by atoms with Crippen LogP contribution in [0.15, 0.2) is 66.7 Å². The quantitative estimate of drug-likeness (QED) is 0.483. The Morgan fingerprint density at radius 2 is 1.95 bits per heavy atom. The number of rotatable bonds is 4. The fourth-order valence-corrected chi connectivity index (χ4v) is 8.39. The molecule has 0 unspecified atom stereocenters. The first kappa shape index (κ1) is 26.1. The summed E-state index contributed by atoms with van der Waals surface area (Å²) in [6.45, 7) is 3.65. The standard InChI is InChI=1S/C35H36N2O4/c1-23-7-6-10-25(21-23)11-16-31(39)36(2)28-14-15-30-34-18-20-37(19-17-24-8-4-3-5-9-24)29(35(28,34)40)22-26-12-13-27(38)33(41-30)32(26)34/h3-10,12-13,21,28-30,38,40H,14-15,17-20,22H2,1-2H3/t28-,29-,30+,34-,35-/m1/s1. The van der Waals surface area contributed by atoms with Gasteiger partial charge in [-0.15, -0.1) is 0 Å². The van der Waals surface area contributed by atoms with Gasteiger partial charge in [-0.25, -0.2) is 0 Å². The van der Waals surface area contributed by atoms with E-state index in [4.69, 9.17) is 4.74 Å². The number of piperidine rings is 1. The number of aliphatic hydroxyl groups is 1. The fraction of sp³-hybridized carbons (Fsp3) is 0.400. The number of phenols is 1. The van der Waals surface area contributed by atoms with E-state index in [9.17, 15) is 15.0 Å². The first-order valence-electron chi connectivity index (χ1n) is 14.7. The number of aromatic hydroxyl groups is 1. The van der Waals surface area contributed by atoms with Gasteiger partial charge in [0.05, 0.1) is 11.5 Å². The average molecular weight is 549 g/mol. The van der Waals surface area contributed by atoms with E-state index in [2.05, 4.69) is 41.0 Å². The predicted octanol–water partition coefficient (Wildman–Crippen LogP) is 3.98. The van der Waals surface area contributed by atoms with Crippen molar-refractivity contribution in [1.29, 1.82) is 0 Å². The number of hydrogen-bond acceptors (Lipinski definition) is 5. The molecule has 2 aliphatic carbocycles. The molecule has 2 fully saturated rings. The van der Waals surface area contributed by atoms with Gasteiger partial charge in [0.2, 0.25) is 0 Å². The normalized spacial score (nSPS) is 29.1. The average Bonchev–Trinajstić information content (AvgIpc) is 3.32. The highest BCUT2D eigenvalue weighted by Gasteiger charge is 2.74. The van der Waals surface area contributed by atoms with E-state index >= 15 is 0 Å². The maximum atomic E-state index is 13.6. The van der Waals surface area contributed by atoms with Crippen LogP contribution in [0.4, 0.5) is 0 Å². The van der Waals surface area contributed by atoms with E-state index in [0.29, 0.717) is 31.4 Å². The molecule has 41 heavy (non-hydrogen) atoms. The number of aryl methyl sites for hydroxylation is 1. The van der Waals surface area contributed by atoms with Crippen LogP contribution in [0, 0.1) is 18.8 Å². The first-order chi connectivity index (χ1) is 19.8. The molecule has 2 bridgehead atoms. The highest BCUT2D eigenvalue weighted by Crippen LogP contribution is 2.65. The number of hydrogen-bond donors (Lipinski definition) is 2. The summed E-state index contributed by atoms with van der Waals surface area (Å²) < 4.78 is 6.48. The Hall–Kier alpha value is -3.79. The number of likely N-dealkylation sites (tertiary alicyclic amines) is 1. The van der Waals surface area contributed by atoms with Crippen molar-refractivity contribution in [3.05, 3.63) is 94.5 Å². The Morgan fingerprint density at radius 1 is 1.12 bits per heavy atom. The van der Waals surface area contributed by atoms with Crippen molar-refractivity contribution in [1.82, 2.24) is 9.80 Å². The zero-order valence-corrected chi connectivity index (χ0v) is 23.6. The molecule has 1 saturated carbocycles. The number of phenolic OH excluding ortho intramolecular Hbond substituents is 1. The summed E-state index contributed by atoms with van der Waals surface area (Å²) in [5.41, 5.74) is 3.30. The van der Waals surface area contributed by atoms with Crippen molar-refractivity contribution in [2.45, 2.75) is 68.2 Å². The van der Waals surface area contributed by atoms with Crippen molar-refractivity contribution in [2.75, 3.05) is 20.1 Å². The van der Waals surface area contributed by atoms with E-state index in [0.717, 1.165) is 41.8 Å². The second kappa shape index (κ2) is 9.65. The summed E-state index contributed by atoms with van der Waals surface area (Å²) in [4.78, 5) is 17.7. The third-order valence-electron chi connectivity index (χ3n) is 10.2. The zero-order valence-electron chi connectivity index (χ0n) is 23.6. The first-order valence-corrected chi connectivity index (χ1v) is 14.7. The van der Waals surface area contributed by atoms with Gasteiger partial charge in [-0.1, -0.05) is 54.5 Å². The molecule has 6 heteroatoms. The molecule has 5 atom stereocenters. The lowest BCUT2D eigenvalue weighted by Crippen LogP contribution is -2.81. The van der Waals surface area contributed by atoms with Crippen LogP contribution in [0.1, 0.15) is 47.1 Å². The molecular weight excluding hydrogens is 512 g/mol. The van der Waals surface area contributed by atoms with Gasteiger partial charge in [0.15, 0.2) is 11.5 Å². The second-order valence-corrected chi connectivity index (χ2v) is 12.2. The summed E-state index contributed by atoms with van der Waals surface area (Å²) in [5.74, 6) is 6.24. The van der Waals surface area contributed by atoms with Gasteiger partial charge < -0.3 is 19.8 Å². The van der Waals surface area contributed by atoms with Crippen LogP contribution in [-0.2, 0) is 23.1 Å². The second-order valence-electron chi connectivity index (χ2n) is 12.2. The van der Waals surface area contributed by atoms with Gasteiger partial charge in [0.1, 0.15) is 11.7 Å². The van der Waals surface area contributed by atoms with Crippen LogP contribution in [0.5, 0.6) is 11.5 Å². The number of benzene rings is 3. The molecule has 0 aromatic heterocycles. The molecule has 2 heterocycles. The molecule has 3 aromatic rings. The van der Waals surface area contributed by atoms with E-state index in [1.807, 2.05) is 43.3 Å². The Labute approximate surface area is 241 Å². The van der Waals surface area contributed by atoms with Gasteiger partial charge >= 0.3 is 0 Å². The van der Waals surface area contributed by atoms with Gasteiger partial charge in [0.25, 0.3) is 5.91 Å². The highest BCUT2D eigenvalue weighted by atomic mass is 16.5. The summed E-state index contributed by atoms with van der Waals surface area (Å²) in [5, 5.41) is 24.0. The fourth-order valence-electron chi connectivity index (χ4n) is 8.39. The van der Waals surface area contributed by atoms with E-state index < -0.39 is 17.1 Å². The number of carbonyl (C=O) groups is 1. The number of carbonyl (C=O) groups excluding carboxylic acids is 1. The lowest BCUT2D eigenvalue weighted by Gasteiger charge is -2.66. The van der Waals surface area contributed by atoms with Crippen LogP contribution in [0.3, 0.4) is 0 Å². The van der Waals surface area contributed by atoms with E-state index in [1.54, 1.807) is 18.0 Å². The molecule has 2 aliphatic heterocycles. The number of nitrogens with zero attached hydrogens (tertiary/aromatic N) is 2. The van der Waals surface area contributed by atoms with E-state index in [1.165, 1.54) is 5.56 Å². The van der Waals surface area contributed by atoms with Crippen molar-refractivity contribution >= 4 is 5.91 Å². The molecule has 210 valence electrons. The van der Waals surface area contributed by atoms with Gasteiger partial charge in [-0.3, -0.25) is 9.69 Å². The van der Waals surface area contributed by atoms with Gasteiger partial charge in [-0.2, -0.15) is 0 Å². The molecule has 1 amide bonds. The molecule has 6 nitrogen and oxygen atoms in total. The van der Waals surface area contributed by atoms with E-state index in [-0.39, 0.29) is 23.8 Å². The Bertz CT molecular complexity index is 1580. The number of amides is 1. The molecule has 3 aromatic carbocycles. The smallest absolute Gasteiger partial charge is 0.298 e. The Balaban J connectivity index is 1.28. The third kappa shape index (κ3) is 3.83. The summed E-state index contributed by atoms with van der Waals surface area (Å²) in [6.07, 6.45) is 3.28. The summed E-state index contributed by atoms with van der Waals surface area (Å²) >= 11 is 0. The molecule has 1 spiro atoms. The molecule has 7 rings (SSSR count). The molecule has 1 saturated heterocycles. The molecule has 2 N–H and O–H groups in total. The van der Waals surface area contributed by atoms with Crippen LogP contribution in [0.2, 0.25) is 0 Å². The maximum Gasteiger partial charge on any atom is 0.298 e. The largest absolute Gasteiger partial charge is 0.504 e. The topological polar surface area (TPSA) is 73.2 Å². The monoisotopic (exact) mass is 548 g/mol. The minimum Gasteiger partial charge on any atom is -0.504 e. The maximum absolute atomic E-state index is 13.6. The third-order valence-corrected chi connectivity index (χ3v) is 10.2. The van der Waals surface area contributed by atoms with Crippen molar-refractivity contribution in [2.24, 2.45) is 0 Å². The SMILES string of the molecule is Cc1cccc(C#CC(=O)N(C)[C@@H]2CC[C@@H]3Oc4c(O)ccc5c4[C@@]34CCN(CCc3ccccc3)[C@H](C5)[C@]24O)c1. The predicted molar refractivity (Wildman–Crippen MR) is 157 cm³/mol. The Morgan fingerprint density at radius 3 is 2.76 bits per heavy atom. The number of ether oxygens (including phenoxy) is 1. The number of likely N-dealkylation sites (N-methyl/N-ethyl adjacent to an activating group) is 1. The minimum absolute atomic E-state index is 0.129. The highest BCUT2D eigenvalue weighted by molar-refractivity contribution is 5.94. The van der Waals surface area contributed by atoms with Crippen molar-refractivity contribution in [3.8, 4) is 23.3 Å².